The van der Waals surface area contributed by atoms with Gasteiger partial charge in [-0.05, 0) is 24.3 Å². The van der Waals surface area contributed by atoms with Gasteiger partial charge in [0.15, 0.2) is 0 Å². The van der Waals surface area contributed by atoms with Crippen LogP contribution in [0.3, 0.4) is 0 Å². The molecule has 1 atom stereocenters. The third-order valence-electron chi connectivity index (χ3n) is 5.43. The molecular formula is C20H18F3N5O2S. The van der Waals surface area contributed by atoms with Crippen LogP contribution in [0, 0.1) is 17.2 Å². The summed E-state index contributed by atoms with van der Waals surface area (Å²) in [6.07, 6.45) is -2.75. The van der Waals surface area contributed by atoms with Gasteiger partial charge in [-0.1, -0.05) is 0 Å². The van der Waals surface area contributed by atoms with Gasteiger partial charge in [-0.25, -0.2) is 0 Å². The van der Waals surface area contributed by atoms with Crippen LogP contribution in [0.4, 0.5) is 18.9 Å². The van der Waals surface area contributed by atoms with Crippen LogP contribution in [0.5, 0.6) is 0 Å². The van der Waals surface area contributed by atoms with Crippen LogP contribution < -0.4 is 10.2 Å². The second-order valence-corrected chi connectivity index (χ2v) is 8.39. The third-order valence-corrected chi connectivity index (χ3v) is 6.44. The van der Waals surface area contributed by atoms with Crippen molar-refractivity contribution in [3.05, 3.63) is 36.0 Å². The number of benzene rings is 1. The highest BCUT2D eigenvalue weighted by Gasteiger charge is 2.47. The van der Waals surface area contributed by atoms with Crippen molar-refractivity contribution in [1.82, 2.24) is 15.2 Å². The Morgan fingerprint density at radius 3 is 2.77 bits per heavy atom. The van der Waals surface area contributed by atoms with E-state index in [2.05, 4.69) is 16.4 Å². The van der Waals surface area contributed by atoms with Crippen LogP contribution >= 0.6 is 11.8 Å². The maximum atomic E-state index is 12.8. The number of hydrogen-bond acceptors (Lipinski definition) is 6. The normalized spacial score (nSPS) is 19.2. The molecular weight excluding hydrogens is 431 g/mol. The zero-order chi connectivity index (χ0) is 22.2. The maximum absolute atomic E-state index is 12.8. The number of anilines is 1. The number of alkyl halides is 3. The van der Waals surface area contributed by atoms with Crippen LogP contribution in [0.1, 0.15) is 10.4 Å². The number of pyridine rings is 1. The Bertz CT molecular complexity index is 1060. The summed E-state index contributed by atoms with van der Waals surface area (Å²) in [7, 11) is 0. The molecule has 0 bridgehead atoms. The van der Waals surface area contributed by atoms with Gasteiger partial charge in [0.2, 0.25) is 5.91 Å². The molecule has 0 aliphatic carbocycles. The number of amides is 2. The number of nitrogens with one attached hydrogen (secondary N) is 1. The van der Waals surface area contributed by atoms with Crippen molar-refractivity contribution in [1.29, 1.82) is 5.26 Å². The fourth-order valence-corrected chi connectivity index (χ4v) is 4.68. The second-order valence-electron chi connectivity index (χ2n) is 7.39. The Morgan fingerprint density at radius 1 is 1.29 bits per heavy atom. The maximum Gasteiger partial charge on any atom is 0.395 e. The highest BCUT2D eigenvalue weighted by molar-refractivity contribution is 7.99. The van der Waals surface area contributed by atoms with Crippen molar-refractivity contribution in [2.45, 2.75) is 12.2 Å². The molecule has 2 aliphatic rings. The third kappa shape index (κ3) is 4.25. The number of thioether (sulfide) groups is 1. The molecule has 0 saturated carbocycles. The Labute approximate surface area is 180 Å². The highest BCUT2D eigenvalue weighted by Crippen LogP contribution is 2.37. The molecule has 2 aliphatic heterocycles. The molecule has 2 aromatic rings. The molecule has 1 aromatic carbocycles. The van der Waals surface area contributed by atoms with Crippen LogP contribution in [0.25, 0.3) is 10.9 Å². The lowest BCUT2D eigenvalue weighted by atomic mass is 9.98. The smallest absolute Gasteiger partial charge is 0.370 e. The number of halogens is 3. The number of nitrogens with zero attached hydrogens (tertiary/aromatic N) is 4. The van der Waals surface area contributed by atoms with E-state index in [9.17, 15) is 22.8 Å². The quantitative estimate of drug-likeness (QED) is 0.771. The van der Waals surface area contributed by atoms with Crippen molar-refractivity contribution >= 4 is 40.2 Å². The number of nitriles is 1. The van der Waals surface area contributed by atoms with Gasteiger partial charge in [0.25, 0.3) is 5.91 Å². The number of carbonyl (C=O) groups excluding carboxylic acids is 2. The first-order chi connectivity index (χ1) is 14.8. The van der Waals surface area contributed by atoms with Gasteiger partial charge in [0.1, 0.15) is 6.04 Å². The van der Waals surface area contributed by atoms with E-state index < -0.39 is 24.0 Å². The monoisotopic (exact) mass is 449 g/mol. The van der Waals surface area contributed by atoms with E-state index in [1.165, 1.54) is 28.9 Å². The van der Waals surface area contributed by atoms with Crippen molar-refractivity contribution in [2.24, 2.45) is 5.92 Å². The average Bonchev–Trinajstić information content (AvgIpc) is 3.18. The summed E-state index contributed by atoms with van der Waals surface area (Å²) in [6, 6.07) is 8.05. The zero-order valence-electron chi connectivity index (χ0n) is 16.2. The molecule has 11 heteroatoms. The minimum atomic E-state index is -4.22. The predicted molar refractivity (Wildman–Crippen MR) is 109 cm³/mol. The summed E-state index contributed by atoms with van der Waals surface area (Å²) in [5.74, 6) is -1.24. The van der Waals surface area contributed by atoms with Gasteiger partial charge in [-0.2, -0.15) is 18.4 Å². The van der Waals surface area contributed by atoms with Gasteiger partial charge >= 0.3 is 6.18 Å². The molecule has 1 aromatic heterocycles. The largest absolute Gasteiger partial charge is 0.395 e. The van der Waals surface area contributed by atoms with Gasteiger partial charge in [0, 0.05) is 36.1 Å². The molecule has 2 amide bonds. The zero-order valence-corrected chi connectivity index (χ0v) is 17.0. The molecule has 1 N–H and O–H groups in total. The number of aromatic nitrogens is 1. The average molecular weight is 449 g/mol. The standard InChI is InChI=1S/C20H18F3N5O2S/c21-20(22,23)12-8-27(9-12)13-1-2-17-16(5-13)15(3-4-25-17)19(30)26-7-18(29)28-11-31-10-14(28)6-24/h1-5,12,14H,7-11H2,(H,26,30). The van der Waals surface area contributed by atoms with Crippen LogP contribution in [0.15, 0.2) is 30.5 Å². The van der Waals surface area contributed by atoms with E-state index >= 15 is 0 Å². The Kier molecular flexibility index (Phi) is 5.66. The van der Waals surface area contributed by atoms with Crippen molar-refractivity contribution in [3.8, 4) is 6.07 Å². The summed E-state index contributed by atoms with van der Waals surface area (Å²) >= 11 is 1.48. The molecule has 2 fully saturated rings. The van der Waals surface area contributed by atoms with E-state index in [0.29, 0.717) is 28.2 Å². The van der Waals surface area contributed by atoms with Crippen molar-refractivity contribution in [2.75, 3.05) is 36.2 Å². The summed E-state index contributed by atoms with van der Waals surface area (Å²) < 4.78 is 38.3. The molecule has 2 saturated heterocycles. The molecule has 31 heavy (non-hydrogen) atoms. The summed E-state index contributed by atoms with van der Waals surface area (Å²) in [5.41, 5.74) is 1.38. The number of fused-ring (bicyclic) bond motifs is 1. The van der Waals surface area contributed by atoms with Gasteiger partial charge in [0.05, 0.1) is 35.5 Å². The van der Waals surface area contributed by atoms with Crippen LogP contribution in [-0.2, 0) is 4.79 Å². The van der Waals surface area contributed by atoms with E-state index in [4.69, 9.17) is 5.26 Å². The van der Waals surface area contributed by atoms with Crippen LogP contribution in [-0.4, -0.2) is 65.2 Å². The minimum absolute atomic E-state index is 0.126. The molecule has 4 rings (SSSR count). The molecule has 0 radical (unpaired) electrons. The first-order valence-corrected chi connectivity index (χ1v) is 10.7. The van der Waals surface area contributed by atoms with Crippen molar-refractivity contribution < 1.29 is 22.8 Å². The van der Waals surface area contributed by atoms with Gasteiger partial charge in [-0.15, -0.1) is 11.8 Å². The lowest BCUT2D eigenvalue weighted by molar-refractivity contribution is -0.180. The van der Waals surface area contributed by atoms with Gasteiger partial charge in [-0.3, -0.25) is 14.6 Å². The lowest BCUT2D eigenvalue weighted by Crippen LogP contribution is -2.53. The highest BCUT2D eigenvalue weighted by atomic mass is 32.2. The molecule has 7 nitrogen and oxygen atoms in total. The number of rotatable bonds is 4. The molecule has 1 unspecified atom stereocenters. The van der Waals surface area contributed by atoms with E-state index in [-0.39, 0.29) is 31.1 Å². The Morgan fingerprint density at radius 2 is 2.06 bits per heavy atom. The Balaban J connectivity index is 1.48. The molecule has 0 spiro atoms. The molecule has 162 valence electrons. The first kappa shape index (κ1) is 21.2. The first-order valence-electron chi connectivity index (χ1n) is 9.53. The summed E-state index contributed by atoms with van der Waals surface area (Å²) in [6.45, 7) is -0.501. The second kappa shape index (κ2) is 8.26. The van der Waals surface area contributed by atoms with Crippen LogP contribution in [0.2, 0.25) is 0 Å². The summed E-state index contributed by atoms with van der Waals surface area (Å²) in [4.78, 5) is 32.3. The van der Waals surface area contributed by atoms with E-state index in [1.807, 2.05) is 0 Å². The fraction of sp³-hybridized carbons (Fsp3) is 0.400. The number of hydrogen-bond donors (Lipinski definition) is 1. The fourth-order valence-electron chi connectivity index (χ4n) is 3.57. The topological polar surface area (TPSA) is 89.3 Å². The van der Waals surface area contributed by atoms with E-state index in [0.717, 1.165) is 0 Å². The van der Waals surface area contributed by atoms with Gasteiger partial charge < -0.3 is 15.1 Å². The SMILES string of the molecule is N#CC1CSCN1C(=O)CNC(=O)c1ccnc2ccc(N3CC(C(F)(F)F)C3)cc12. The Hall–Kier alpha value is -3.00. The lowest BCUT2D eigenvalue weighted by Gasteiger charge is -2.41. The van der Waals surface area contributed by atoms with Crippen molar-refractivity contribution in [3.63, 3.8) is 0 Å². The predicted octanol–water partition coefficient (Wildman–Crippen LogP) is 2.39. The number of carbonyl (C=O) groups is 2. The minimum Gasteiger partial charge on any atom is -0.370 e. The molecule has 3 heterocycles. The summed E-state index contributed by atoms with van der Waals surface area (Å²) in [5, 5.41) is 12.2. The van der Waals surface area contributed by atoms with E-state index in [1.54, 1.807) is 23.1 Å².